The Morgan fingerprint density at radius 1 is 1.85 bits per heavy atom. The summed E-state index contributed by atoms with van der Waals surface area (Å²) in [7, 11) is 0. The van der Waals surface area contributed by atoms with Gasteiger partial charge in [-0.05, 0) is 0 Å². The predicted molar refractivity (Wildman–Crippen MR) is 52.3 cm³/mol. The molecule has 0 aliphatic carbocycles. The van der Waals surface area contributed by atoms with Gasteiger partial charge in [-0.15, -0.1) is 13.0 Å². The highest BCUT2D eigenvalue weighted by molar-refractivity contribution is 5.69. The van der Waals surface area contributed by atoms with Crippen molar-refractivity contribution in [1.29, 1.82) is 0 Å². The fourth-order valence-electron chi connectivity index (χ4n) is 0.981. The van der Waals surface area contributed by atoms with Crippen molar-refractivity contribution >= 4 is 5.97 Å². The van der Waals surface area contributed by atoms with Gasteiger partial charge < -0.3 is 5.11 Å². The van der Waals surface area contributed by atoms with Gasteiger partial charge in [0.15, 0.2) is 0 Å². The predicted octanol–water partition coefficient (Wildman–Crippen LogP) is 0.828. The Labute approximate surface area is 79.0 Å². The monoisotopic (exact) mass is 181 g/mol. The van der Waals surface area contributed by atoms with Crippen molar-refractivity contribution in [2.45, 2.75) is 6.92 Å². The van der Waals surface area contributed by atoms with Crippen LogP contribution >= 0.6 is 0 Å². The normalized spacial score (nSPS) is 12.1. The Bertz CT molecular complexity index is 217. The average molecular weight is 181 g/mol. The van der Waals surface area contributed by atoms with Crippen LogP contribution in [0.4, 0.5) is 0 Å². The van der Waals surface area contributed by atoms with Crippen LogP contribution in [0.1, 0.15) is 6.92 Å². The molecule has 1 N–H and O–H groups in total. The lowest BCUT2D eigenvalue weighted by Crippen LogP contribution is -2.32. The third-order valence-corrected chi connectivity index (χ3v) is 1.66. The highest BCUT2D eigenvalue weighted by atomic mass is 16.4. The quantitative estimate of drug-likeness (QED) is 0.487. The lowest BCUT2D eigenvalue weighted by Gasteiger charge is -2.19. The van der Waals surface area contributed by atoms with Crippen LogP contribution in [0.15, 0.2) is 12.7 Å². The highest BCUT2D eigenvalue weighted by Gasteiger charge is 2.14. The summed E-state index contributed by atoms with van der Waals surface area (Å²) in [5, 5.41) is 8.66. The second kappa shape index (κ2) is 6.27. The first-order chi connectivity index (χ1) is 6.11. The fourth-order valence-corrected chi connectivity index (χ4v) is 0.981. The molecular weight excluding hydrogens is 166 g/mol. The molecule has 1 atom stereocenters. The third-order valence-electron chi connectivity index (χ3n) is 1.66. The molecule has 13 heavy (non-hydrogen) atoms. The van der Waals surface area contributed by atoms with Gasteiger partial charge in [-0.25, -0.2) is 0 Å². The summed E-state index contributed by atoms with van der Waals surface area (Å²) in [6.07, 6.45) is 6.85. The average Bonchev–Trinajstić information content (AvgIpc) is 2.05. The smallest absolute Gasteiger partial charge is 0.307 e. The number of hydrogen-bond acceptors (Lipinski definition) is 2. The second-order valence-corrected chi connectivity index (χ2v) is 2.93. The third kappa shape index (κ3) is 5.05. The van der Waals surface area contributed by atoms with Gasteiger partial charge in [-0.1, -0.05) is 18.9 Å². The number of rotatable bonds is 6. The number of aliphatic carboxylic acids is 1. The molecule has 0 fully saturated rings. The van der Waals surface area contributed by atoms with Crippen LogP contribution in [0.5, 0.6) is 0 Å². The summed E-state index contributed by atoms with van der Waals surface area (Å²) in [4.78, 5) is 12.4. The van der Waals surface area contributed by atoms with Crippen molar-refractivity contribution in [1.82, 2.24) is 4.90 Å². The molecule has 0 aromatic heterocycles. The number of carboxylic acids is 1. The van der Waals surface area contributed by atoms with Crippen molar-refractivity contribution in [2.24, 2.45) is 5.92 Å². The molecule has 0 rings (SSSR count). The Hall–Kier alpha value is -1.27. The van der Waals surface area contributed by atoms with E-state index in [4.69, 9.17) is 11.5 Å². The molecular formula is C10H15NO2. The van der Waals surface area contributed by atoms with Gasteiger partial charge in [-0.2, -0.15) is 0 Å². The lowest BCUT2D eigenvalue weighted by atomic mass is 10.1. The van der Waals surface area contributed by atoms with Gasteiger partial charge >= 0.3 is 5.97 Å². The van der Waals surface area contributed by atoms with E-state index in [-0.39, 0.29) is 0 Å². The molecule has 3 heteroatoms. The fraction of sp³-hybridized carbons (Fsp3) is 0.500. The van der Waals surface area contributed by atoms with Gasteiger partial charge in [-0.3, -0.25) is 9.69 Å². The highest BCUT2D eigenvalue weighted by Crippen LogP contribution is 1.99. The summed E-state index contributed by atoms with van der Waals surface area (Å²) in [6.45, 7) is 6.79. The molecule has 0 spiro atoms. The van der Waals surface area contributed by atoms with Crippen molar-refractivity contribution in [2.75, 3.05) is 19.6 Å². The van der Waals surface area contributed by atoms with E-state index in [1.54, 1.807) is 13.0 Å². The van der Waals surface area contributed by atoms with Crippen molar-refractivity contribution in [3.63, 3.8) is 0 Å². The Morgan fingerprint density at radius 2 is 2.46 bits per heavy atom. The van der Waals surface area contributed by atoms with E-state index in [0.29, 0.717) is 19.6 Å². The molecule has 0 aromatic carbocycles. The Balaban J connectivity index is 4.01. The first-order valence-corrected chi connectivity index (χ1v) is 4.11. The van der Waals surface area contributed by atoms with E-state index in [9.17, 15) is 4.79 Å². The number of terminal acetylenes is 1. The van der Waals surface area contributed by atoms with Gasteiger partial charge in [0.1, 0.15) is 0 Å². The van der Waals surface area contributed by atoms with Gasteiger partial charge in [0.25, 0.3) is 0 Å². The van der Waals surface area contributed by atoms with E-state index in [0.717, 1.165) is 0 Å². The van der Waals surface area contributed by atoms with Crippen LogP contribution in [0.25, 0.3) is 0 Å². The Morgan fingerprint density at radius 3 is 2.85 bits per heavy atom. The van der Waals surface area contributed by atoms with E-state index in [1.165, 1.54) is 0 Å². The zero-order chi connectivity index (χ0) is 10.3. The SMILES string of the molecule is C#CCN(CC=C)CC(C)C(=O)O. The lowest BCUT2D eigenvalue weighted by molar-refractivity contribution is -0.141. The molecule has 0 aliphatic heterocycles. The van der Waals surface area contributed by atoms with Crippen LogP contribution in [-0.4, -0.2) is 35.6 Å². The molecule has 3 nitrogen and oxygen atoms in total. The van der Waals surface area contributed by atoms with Crippen LogP contribution in [0.2, 0.25) is 0 Å². The molecule has 0 aromatic rings. The zero-order valence-corrected chi connectivity index (χ0v) is 7.86. The molecule has 0 heterocycles. The Kier molecular flexibility index (Phi) is 5.66. The minimum atomic E-state index is -0.800. The van der Waals surface area contributed by atoms with E-state index < -0.39 is 11.9 Å². The number of nitrogens with zero attached hydrogens (tertiary/aromatic N) is 1. The maximum Gasteiger partial charge on any atom is 0.307 e. The summed E-state index contributed by atoms with van der Waals surface area (Å²) in [6, 6.07) is 0. The summed E-state index contributed by atoms with van der Waals surface area (Å²) in [5.41, 5.74) is 0. The van der Waals surface area contributed by atoms with Crippen molar-refractivity contribution < 1.29 is 9.90 Å². The molecule has 0 saturated carbocycles. The van der Waals surface area contributed by atoms with Gasteiger partial charge in [0, 0.05) is 13.1 Å². The summed E-state index contributed by atoms with van der Waals surface area (Å²) >= 11 is 0. The standard InChI is InChI=1S/C10H15NO2/c1-4-6-11(7-5-2)8-9(3)10(12)13/h1,5,9H,2,6-8H2,3H3,(H,12,13). The summed E-state index contributed by atoms with van der Waals surface area (Å²) in [5.74, 6) is 1.29. The van der Waals surface area contributed by atoms with E-state index in [1.807, 2.05) is 4.90 Å². The van der Waals surface area contributed by atoms with Crippen molar-refractivity contribution in [3.05, 3.63) is 12.7 Å². The molecule has 0 bridgehead atoms. The molecule has 1 unspecified atom stereocenters. The van der Waals surface area contributed by atoms with Crippen LogP contribution in [-0.2, 0) is 4.79 Å². The van der Waals surface area contributed by atoms with Gasteiger partial charge in [0.05, 0.1) is 12.5 Å². The summed E-state index contributed by atoms with van der Waals surface area (Å²) < 4.78 is 0. The second-order valence-electron chi connectivity index (χ2n) is 2.93. The first kappa shape index (κ1) is 11.7. The van der Waals surface area contributed by atoms with Crippen LogP contribution in [0.3, 0.4) is 0 Å². The maximum absolute atomic E-state index is 10.5. The zero-order valence-electron chi connectivity index (χ0n) is 7.86. The minimum Gasteiger partial charge on any atom is -0.481 e. The van der Waals surface area contributed by atoms with Crippen molar-refractivity contribution in [3.8, 4) is 12.3 Å². The van der Waals surface area contributed by atoms with E-state index in [2.05, 4.69) is 12.5 Å². The minimum absolute atomic E-state index is 0.395. The molecule has 0 saturated heterocycles. The molecule has 72 valence electrons. The largest absolute Gasteiger partial charge is 0.481 e. The number of carboxylic acid groups (broad SMARTS) is 1. The van der Waals surface area contributed by atoms with Crippen LogP contribution in [0, 0.1) is 18.3 Å². The first-order valence-electron chi connectivity index (χ1n) is 4.11. The number of hydrogen-bond donors (Lipinski definition) is 1. The van der Waals surface area contributed by atoms with Crippen LogP contribution < -0.4 is 0 Å². The number of carbonyl (C=O) groups is 1. The topological polar surface area (TPSA) is 40.5 Å². The maximum atomic E-state index is 10.5. The molecule has 0 amide bonds. The van der Waals surface area contributed by atoms with Gasteiger partial charge in [0.2, 0.25) is 0 Å². The molecule has 0 aliphatic rings. The molecule has 0 radical (unpaired) electrons. The van der Waals surface area contributed by atoms with E-state index >= 15 is 0 Å².